The Hall–Kier alpha value is -3.83. The zero-order valence-corrected chi connectivity index (χ0v) is 20.7. The van der Waals surface area contributed by atoms with Crippen molar-refractivity contribution < 1.29 is 22.9 Å². The standard InChI is InChI=1S/C25H18ClF3N4O3S/c1-15-4-2-3-5-21(15)32-22(16-6-8-17(26)9-7-16)13-30-24(32)37-14-23(34)31-20-11-10-18(33(35)36)12-19(20)25(27,28)29/h2-13H,14H2,1H3,(H,31,34). The summed E-state index contributed by atoms with van der Waals surface area (Å²) in [5, 5.41) is 14.1. The van der Waals surface area contributed by atoms with Crippen LogP contribution in [0.3, 0.4) is 0 Å². The lowest BCUT2D eigenvalue weighted by Gasteiger charge is -2.15. The number of nitro benzene ring substituents is 1. The molecule has 4 rings (SSSR count). The first-order valence-electron chi connectivity index (χ1n) is 10.7. The highest BCUT2D eigenvalue weighted by molar-refractivity contribution is 7.99. The van der Waals surface area contributed by atoms with Gasteiger partial charge in [-0.3, -0.25) is 19.5 Å². The fourth-order valence-electron chi connectivity index (χ4n) is 3.61. The van der Waals surface area contributed by atoms with Crippen LogP contribution in [0.4, 0.5) is 24.5 Å². The summed E-state index contributed by atoms with van der Waals surface area (Å²) in [5.41, 5.74) is 0.750. The van der Waals surface area contributed by atoms with Crippen LogP contribution in [0.2, 0.25) is 5.02 Å². The smallest absolute Gasteiger partial charge is 0.325 e. The number of nitrogens with one attached hydrogen (secondary N) is 1. The maximum Gasteiger partial charge on any atom is 0.418 e. The van der Waals surface area contributed by atoms with Gasteiger partial charge in [0, 0.05) is 22.7 Å². The molecule has 0 atom stereocenters. The molecule has 0 aliphatic heterocycles. The van der Waals surface area contributed by atoms with Gasteiger partial charge in [-0.2, -0.15) is 13.2 Å². The van der Waals surface area contributed by atoms with Crippen LogP contribution in [-0.2, 0) is 11.0 Å². The minimum absolute atomic E-state index is 0.253. The molecule has 0 unspecified atom stereocenters. The highest BCUT2D eigenvalue weighted by Gasteiger charge is 2.35. The highest BCUT2D eigenvalue weighted by Crippen LogP contribution is 2.37. The molecular formula is C25H18ClF3N4O3S. The molecular weight excluding hydrogens is 529 g/mol. The summed E-state index contributed by atoms with van der Waals surface area (Å²) >= 11 is 7.07. The number of para-hydroxylation sites is 1. The van der Waals surface area contributed by atoms with Crippen molar-refractivity contribution in [3.8, 4) is 16.9 Å². The maximum absolute atomic E-state index is 13.5. The number of anilines is 1. The van der Waals surface area contributed by atoms with Gasteiger partial charge in [0.15, 0.2) is 5.16 Å². The lowest BCUT2D eigenvalue weighted by Crippen LogP contribution is -2.18. The third-order valence-corrected chi connectivity index (χ3v) is 6.56. The first kappa shape index (κ1) is 26.2. The number of aryl methyl sites for hydroxylation is 1. The molecule has 0 saturated heterocycles. The van der Waals surface area contributed by atoms with Crippen molar-refractivity contribution in [1.29, 1.82) is 0 Å². The molecule has 1 heterocycles. The Bertz CT molecular complexity index is 1470. The molecule has 7 nitrogen and oxygen atoms in total. The first-order valence-corrected chi connectivity index (χ1v) is 12.1. The third-order valence-electron chi connectivity index (χ3n) is 5.35. The molecule has 190 valence electrons. The normalized spacial score (nSPS) is 11.4. The second-order valence-electron chi connectivity index (χ2n) is 7.88. The van der Waals surface area contributed by atoms with Gasteiger partial charge in [0.1, 0.15) is 0 Å². The monoisotopic (exact) mass is 546 g/mol. The minimum Gasteiger partial charge on any atom is -0.325 e. The minimum atomic E-state index is -4.89. The van der Waals surface area contributed by atoms with Gasteiger partial charge in [0.25, 0.3) is 5.69 Å². The molecule has 1 amide bonds. The molecule has 3 aromatic carbocycles. The lowest BCUT2D eigenvalue weighted by atomic mass is 10.1. The zero-order chi connectivity index (χ0) is 26.7. The van der Waals surface area contributed by atoms with Crippen LogP contribution in [-0.4, -0.2) is 26.1 Å². The number of rotatable bonds is 7. The third kappa shape index (κ3) is 5.95. The van der Waals surface area contributed by atoms with E-state index < -0.39 is 33.9 Å². The van der Waals surface area contributed by atoms with Crippen molar-refractivity contribution in [2.24, 2.45) is 0 Å². The number of halogens is 4. The Morgan fingerprint density at radius 1 is 1.14 bits per heavy atom. The van der Waals surface area contributed by atoms with E-state index in [4.69, 9.17) is 11.6 Å². The van der Waals surface area contributed by atoms with Crippen molar-refractivity contribution in [3.05, 3.63) is 99.2 Å². The van der Waals surface area contributed by atoms with Gasteiger partial charge in [0.2, 0.25) is 5.91 Å². The van der Waals surface area contributed by atoms with E-state index in [1.807, 2.05) is 47.9 Å². The predicted octanol–water partition coefficient (Wildman–Crippen LogP) is 7.16. The predicted molar refractivity (Wildman–Crippen MR) is 136 cm³/mol. The molecule has 0 aliphatic carbocycles. The van der Waals surface area contributed by atoms with Gasteiger partial charge in [-0.15, -0.1) is 0 Å². The Morgan fingerprint density at radius 3 is 2.49 bits per heavy atom. The van der Waals surface area contributed by atoms with Crippen LogP contribution < -0.4 is 5.32 Å². The topological polar surface area (TPSA) is 90.1 Å². The van der Waals surface area contributed by atoms with Crippen LogP contribution in [0.5, 0.6) is 0 Å². The van der Waals surface area contributed by atoms with Gasteiger partial charge in [-0.1, -0.05) is 53.7 Å². The number of non-ortho nitro benzene ring substituents is 1. The summed E-state index contributed by atoms with van der Waals surface area (Å²) in [5.74, 6) is -0.978. The molecule has 0 saturated carbocycles. The average Bonchev–Trinajstić information content (AvgIpc) is 3.26. The van der Waals surface area contributed by atoms with E-state index in [0.29, 0.717) is 16.2 Å². The summed E-state index contributed by atoms with van der Waals surface area (Å²) in [6.45, 7) is 1.93. The number of nitro groups is 1. The number of benzene rings is 3. The van der Waals surface area contributed by atoms with Gasteiger partial charge in [-0.25, -0.2) is 4.98 Å². The van der Waals surface area contributed by atoms with E-state index in [-0.39, 0.29) is 5.75 Å². The maximum atomic E-state index is 13.5. The van der Waals surface area contributed by atoms with E-state index in [1.165, 1.54) is 0 Å². The van der Waals surface area contributed by atoms with Crippen LogP contribution in [0.1, 0.15) is 11.1 Å². The molecule has 1 N–H and O–H groups in total. The summed E-state index contributed by atoms with van der Waals surface area (Å²) in [7, 11) is 0. The number of nitrogens with zero attached hydrogens (tertiary/aromatic N) is 3. The van der Waals surface area contributed by atoms with Crippen molar-refractivity contribution in [2.45, 2.75) is 18.3 Å². The summed E-state index contributed by atoms with van der Waals surface area (Å²) < 4.78 is 42.2. The number of alkyl halides is 3. The zero-order valence-electron chi connectivity index (χ0n) is 19.1. The van der Waals surface area contributed by atoms with Gasteiger partial charge in [0.05, 0.1) is 39.5 Å². The van der Waals surface area contributed by atoms with Crippen molar-refractivity contribution >= 4 is 40.6 Å². The lowest BCUT2D eigenvalue weighted by molar-refractivity contribution is -0.385. The van der Waals surface area contributed by atoms with Gasteiger partial charge in [-0.05, 0) is 36.8 Å². The molecule has 0 aliphatic rings. The summed E-state index contributed by atoms with van der Waals surface area (Å²) in [6, 6.07) is 16.9. The number of hydrogen-bond acceptors (Lipinski definition) is 5. The van der Waals surface area contributed by atoms with Crippen molar-refractivity contribution in [2.75, 3.05) is 11.1 Å². The van der Waals surface area contributed by atoms with Gasteiger partial charge >= 0.3 is 6.18 Å². The molecule has 37 heavy (non-hydrogen) atoms. The molecule has 0 spiro atoms. The molecule has 0 bridgehead atoms. The summed E-state index contributed by atoms with van der Waals surface area (Å²) in [6.07, 6.45) is -3.25. The van der Waals surface area contributed by atoms with Gasteiger partial charge < -0.3 is 5.32 Å². The SMILES string of the molecule is Cc1ccccc1-n1c(-c2ccc(Cl)cc2)cnc1SCC(=O)Nc1ccc([N+](=O)[O-])cc1C(F)(F)F. The number of carbonyl (C=O) groups excluding carboxylic acids is 1. The number of thioether (sulfide) groups is 1. The molecule has 4 aromatic rings. The highest BCUT2D eigenvalue weighted by atomic mass is 35.5. The van der Waals surface area contributed by atoms with Crippen molar-refractivity contribution in [3.63, 3.8) is 0 Å². The van der Waals surface area contributed by atoms with Crippen LogP contribution in [0.25, 0.3) is 16.9 Å². The molecule has 0 fully saturated rings. The molecule has 0 radical (unpaired) electrons. The fraction of sp³-hybridized carbons (Fsp3) is 0.120. The fourth-order valence-corrected chi connectivity index (χ4v) is 4.53. The van der Waals surface area contributed by atoms with E-state index in [1.54, 1.807) is 18.3 Å². The van der Waals surface area contributed by atoms with Crippen LogP contribution >= 0.6 is 23.4 Å². The first-order chi connectivity index (χ1) is 17.5. The number of imidazole rings is 1. The number of aromatic nitrogens is 2. The molecule has 1 aromatic heterocycles. The largest absolute Gasteiger partial charge is 0.418 e. The Kier molecular flexibility index (Phi) is 7.55. The van der Waals surface area contributed by atoms with E-state index >= 15 is 0 Å². The van der Waals surface area contributed by atoms with Crippen LogP contribution in [0.15, 0.2) is 78.1 Å². The Morgan fingerprint density at radius 2 is 1.84 bits per heavy atom. The Labute approximate surface area is 218 Å². The van der Waals surface area contributed by atoms with E-state index in [0.717, 1.165) is 46.4 Å². The van der Waals surface area contributed by atoms with E-state index in [2.05, 4.69) is 10.3 Å². The second-order valence-corrected chi connectivity index (χ2v) is 9.26. The summed E-state index contributed by atoms with van der Waals surface area (Å²) in [4.78, 5) is 27.1. The number of amides is 1. The molecule has 12 heteroatoms. The Balaban J connectivity index is 1.61. The van der Waals surface area contributed by atoms with Crippen LogP contribution in [0, 0.1) is 17.0 Å². The quantitative estimate of drug-likeness (QED) is 0.151. The number of hydrogen-bond donors (Lipinski definition) is 1. The van der Waals surface area contributed by atoms with Crippen molar-refractivity contribution in [1.82, 2.24) is 9.55 Å². The number of carbonyl (C=O) groups is 1. The van der Waals surface area contributed by atoms with E-state index in [9.17, 15) is 28.1 Å². The second kappa shape index (κ2) is 10.7. The average molecular weight is 547 g/mol.